The number of sulfonamides is 1. The van der Waals surface area contributed by atoms with E-state index in [9.17, 15) is 13.2 Å². The third-order valence-corrected chi connectivity index (χ3v) is 4.42. The molecule has 1 N–H and O–H groups in total. The molecule has 0 aromatic heterocycles. The zero-order chi connectivity index (χ0) is 17.6. The first-order valence-corrected chi connectivity index (χ1v) is 9.51. The molecule has 0 saturated carbocycles. The molecule has 23 heavy (non-hydrogen) atoms. The van der Waals surface area contributed by atoms with E-state index in [1.807, 2.05) is 20.8 Å². The maximum atomic E-state index is 12.2. The number of rotatable bonds is 8. The Morgan fingerprint density at radius 1 is 1.22 bits per heavy atom. The summed E-state index contributed by atoms with van der Waals surface area (Å²) in [6, 6.07) is 5.82. The highest BCUT2D eigenvalue weighted by molar-refractivity contribution is 7.92. The van der Waals surface area contributed by atoms with Crippen LogP contribution in [0.4, 0.5) is 5.69 Å². The van der Waals surface area contributed by atoms with Crippen molar-refractivity contribution >= 4 is 21.6 Å². The fourth-order valence-corrected chi connectivity index (χ4v) is 3.29. The lowest BCUT2D eigenvalue weighted by atomic mass is 10.2. The second-order valence-corrected chi connectivity index (χ2v) is 7.66. The number of nitrogens with one attached hydrogen (secondary N) is 1. The number of ether oxygens (including phenoxy) is 1. The quantitative estimate of drug-likeness (QED) is 0.784. The zero-order valence-corrected chi connectivity index (χ0v) is 15.2. The standard InChI is InChI=1S/C16H26N2O4S/c1-6-22-15-9-7-14(8-10-15)18(23(5,20)21)13(4)16(19)17-11-12(2)3/h7-10,12-13H,6,11H2,1-5H3,(H,17,19)/t13-/m1/s1. The first-order chi connectivity index (χ1) is 10.7. The summed E-state index contributed by atoms with van der Waals surface area (Å²) in [7, 11) is -3.59. The van der Waals surface area contributed by atoms with Gasteiger partial charge in [-0.15, -0.1) is 0 Å². The predicted octanol–water partition coefficient (Wildman–Crippen LogP) is 2.01. The van der Waals surface area contributed by atoms with E-state index in [0.717, 1.165) is 10.6 Å². The average molecular weight is 342 g/mol. The Morgan fingerprint density at radius 3 is 2.22 bits per heavy atom. The molecule has 6 nitrogen and oxygen atoms in total. The van der Waals surface area contributed by atoms with Crippen LogP contribution in [-0.4, -0.2) is 39.8 Å². The van der Waals surface area contributed by atoms with Gasteiger partial charge >= 0.3 is 0 Å². The summed E-state index contributed by atoms with van der Waals surface area (Å²) in [6.07, 6.45) is 1.09. The number of benzene rings is 1. The van der Waals surface area contributed by atoms with Crippen molar-refractivity contribution in [3.8, 4) is 5.75 Å². The molecule has 1 amide bonds. The van der Waals surface area contributed by atoms with Gasteiger partial charge in [0.25, 0.3) is 0 Å². The van der Waals surface area contributed by atoms with E-state index in [2.05, 4.69) is 5.32 Å². The molecule has 1 rings (SSSR count). The van der Waals surface area contributed by atoms with Gasteiger partial charge in [0.2, 0.25) is 15.9 Å². The number of hydrogen-bond acceptors (Lipinski definition) is 4. The van der Waals surface area contributed by atoms with Crippen molar-refractivity contribution in [1.29, 1.82) is 0 Å². The van der Waals surface area contributed by atoms with E-state index in [1.165, 1.54) is 0 Å². The molecule has 1 aromatic carbocycles. The largest absolute Gasteiger partial charge is 0.494 e. The summed E-state index contributed by atoms with van der Waals surface area (Å²) in [4.78, 5) is 12.2. The molecule has 0 fully saturated rings. The summed E-state index contributed by atoms with van der Waals surface area (Å²) in [6.45, 7) is 8.44. The van der Waals surface area contributed by atoms with Crippen LogP contribution in [0.3, 0.4) is 0 Å². The predicted molar refractivity (Wildman–Crippen MR) is 92.2 cm³/mol. The van der Waals surface area contributed by atoms with Crippen molar-refractivity contribution in [2.24, 2.45) is 5.92 Å². The van der Waals surface area contributed by atoms with Gasteiger partial charge in [-0.3, -0.25) is 9.10 Å². The minimum atomic E-state index is -3.59. The SMILES string of the molecule is CCOc1ccc(N([C@H](C)C(=O)NCC(C)C)S(C)(=O)=O)cc1. The second-order valence-electron chi connectivity index (χ2n) is 5.80. The average Bonchev–Trinajstić information content (AvgIpc) is 2.45. The van der Waals surface area contributed by atoms with Gasteiger partial charge in [-0.25, -0.2) is 8.42 Å². The molecule has 130 valence electrons. The van der Waals surface area contributed by atoms with Gasteiger partial charge in [0, 0.05) is 6.54 Å². The third kappa shape index (κ3) is 5.74. The van der Waals surface area contributed by atoms with E-state index in [4.69, 9.17) is 4.74 Å². The van der Waals surface area contributed by atoms with Crippen LogP contribution in [0, 0.1) is 5.92 Å². The van der Waals surface area contributed by atoms with Gasteiger partial charge in [-0.05, 0) is 44.0 Å². The minimum absolute atomic E-state index is 0.295. The van der Waals surface area contributed by atoms with Crippen molar-refractivity contribution in [3.05, 3.63) is 24.3 Å². The topological polar surface area (TPSA) is 75.7 Å². The molecule has 0 unspecified atom stereocenters. The molecule has 1 atom stereocenters. The Kier molecular flexibility index (Phi) is 6.87. The molecule has 0 bridgehead atoms. The van der Waals surface area contributed by atoms with Gasteiger partial charge in [0.15, 0.2) is 0 Å². The van der Waals surface area contributed by atoms with Gasteiger partial charge in [-0.1, -0.05) is 13.8 Å². The molecule has 0 aliphatic heterocycles. The second kappa shape index (κ2) is 8.19. The Labute approximate surface area is 138 Å². The number of anilines is 1. The van der Waals surface area contributed by atoms with Crippen LogP contribution in [-0.2, 0) is 14.8 Å². The summed E-state index contributed by atoms with van der Waals surface area (Å²) in [5, 5.41) is 2.77. The number of carbonyl (C=O) groups is 1. The van der Waals surface area contributed by atoms with Crippen molar-refractivity contribution < 1.29 is 17.9 Å². The molecule has 0 saturated heterocycles. The first kappa shape index (κ1) is 19.3. The lowest BCUT2D eigenvalue weighted by Crippen LogP contribution is -2.48. The normalized spacial score (nSPS) is 12.8. The maximum absolute atomic E-state index is 12.2. The monoisotopic (exact) mass is 342 g/mol. The van der Waals surface area contributed by atoms with Gasteiger partial charge in [0.05, 0.1) is 18.6 Å². The minimum Gasteiger partial charge on any atom is -0.494 e. The van der Waals surface area contributed by atoms with E-state index >= 15 is 0 Å². The highest BCUT2D eigenvalue weighted by Gasteiger charge is 2.29. The molecule has 0 heterocycles. The number of carbonyl (C=O) groups excluding carboxylic acids is 1. The van der Waals surface area contributed by atoms with E-state index < -0.39 is 16.1 Å². The molecule has 0 spiro atoms. The van der Waals surface area contributed by atoms with E-state index in [0.29, 0.717) is 30.5 Å². The Bertz CT molecular complexity index is 611. The zero-order valence-electron chi connectivity index (χ0n) is 14.4. The smallest absolute Gasteiger partial charge is 0.243 e. The highest BCUT2D eigenvalue weighted by Crippen LogP contribution is 2.24. The first-order valence-electron chi connectivity index (χ1n) is 7.66. The summed E-state index contributed by atoms with van der Waals surface area (Å²) < 4.78 is 30.8. The fraction of sp³-hybridized carbons (Fsp3) is 0.562. The van der Waals surface area contributed by atoms with Gasteiger partial charge < -0.3 is 10.1 Å². The highest BCUT2D eigenvalue weighted by atomic mass is 32.2. The maximum Gasteiger partial charge on any atom is 0.243 e. The summed E-state index contributed by atoms with van der Waals surface area (Å²) in [5.41, 5.74) is 0.433. The number of amides is 1. The van der Waals surface area contributed by atoms with Crippen molar-refractivity contribution in [2.45, 2.75) is 33.7 Å². The van der Waals surface area contributed by atoms with Crippen LogP contribution in [0.25, 0.3) is 0 Å². The van der Waals surface area contributed by atoms with Crippen LogP contribution in [0.15, 0.2) is 24.3 Å². The van der Waals surface area contributed by atoms with Crippen LogP contribution in [0.2, 0.25) is 0 Å². The van der Waals surface area contributed by atoms with E-state index in [1.54, 1.807) is 31.2 Å². The molecule has 0 aliphatic carbocycles. The van der Waals surface area contributed by atoms with Gasteiger partial charge in [0.1, 0.15) is 11.8 Å². The number of hydrogen-bond donors (Lipinski definition) is 1. The van der Waals surface area contributed by atoms with Crippen molar-refractivity contribution in [1.82, 2.24) is 5.32 Å². The van der Waals surface area contributed by atoms with Crippen LogP contribution >= 0.6 is 0 Å². The molecular weight excluding hydrogens is 316 g/mol. The number of nitrogens with zero attached hydrogens (tertiary/aromatic N) is 1. The van der Waals surface area contributed by atoms with E-state index in [-0.39, 0.29) is 5.91 Å². The fourth-order valence-electron chi connectivity index (χ4n) is 2.12. The third-order valence-electron chi connectivity index (χ3n) is 3.18. The lowest BCUT2D eigenvalue weighted by molar-refractivity contribution is -0.121. The molecular formula is C16H26N2O4S. The van der Waals surface area contributed by atoms with Crippen molar-refractivity contribution in [2.75, 3.05) is 23.7 Å². The molecule has 0 radical (unpaired) electrons. The lowest BCUT2D eigenvalue weighted by Gasteiger charge is -2.28. The Balaban J connectivity index is 3.03. The van der Waals surface area contributed by atoms with Crippen LogP contribution in [0.5, 0.6) is 5.75 Å². The summed E-state index contributed by atoms with van der Waals surface area (Å²) >= 11 is 0. The molecule has 7 heteroatoms. The van der Waals surface area contributed by atoms with Crippen LogP contribution < -0.4 is 14.4 Å². The van der Waals surface area contributed by atoms with Gasteiger partial charge in [-0.2, -0.15) is 0 Å². The molecule has 1 aromatic rings. The van der Waals surface area contributed by atoms with Crippen molar-refractivity contribution in [3.63, 3.8) is 0 Å². The van der Waals surface area contributed by atoms with Crippen LogP contribution in [0.1, 0.15) is 27.7 Å². The summed E-state index contributed by atoms with van der Waals surface area (Å²) in [5.74, 6) is 0.628. The molecule has 0 aliphatic rings. The Hall–Kier alpha value is -1.76. The Morgan fingerprint density at radius 2 is 1.78 bits per heavy atom.